The van der Waals surface area contributed by atoms with Crippen molar-refractivity contribution in [1.29, 1.82) is 0 Å². The van der Waals surface area contributed by atoms with Crippen molar-refractivity contribution in [2.45, 2.75) is 208 Å². The van der Waals surface area contributed by atoms with Crippen LogP contribution in [0.3, 0.4) is 0 Å². The molecule has 0 heterocycles. The molecule has 0 aromatic rings. The molecule has 12 rings (SSSR count). The highest BCUT2D eigenvalue weighted by atomic mass is 19.4. The summed E-state index contributed by atoms with van der Waals surface area (Å²) >= 11 is 0. The summed E-state index contributed by atoms with van der Waals surface area (Å²) in [6, 6.07) is 0. The first-order valence-electron chi connectivity index (χ1n) is 29.1. The molecule has 0 saturated heterocycles. The molecule has 0 aromatic carbocycles. The van der Waals surface area contributed by atoms with Gasteiger partial charge in [0, 0.05) is 31.1 Å². The smallest absolute Gasteiger partial charge is 0.464 e. The monoisotopic (exact) mass is 1310 g/mol. The molecule has 12 aliphatic carbocycles. The number of hydrogen-bond donors (Lipinski definition) is 1. The lowest BCUT2D eigenvalue weighted by Gasteiger charge is -2.59. The molecule has 7 unspecified atom stereocenters. The van der Waals surface area contributed by atoms with Gasteiger partial charge in [0.25, 0.3) is 0 Å². The van der Waals surface area contributed by atoms with Gasteiger partial charge in [-0.15, -0.1) is 0 Å². The Morgan fingerprint density at radius 1 is 0.404 bits per heavy atom. The Morgan fingerprint density at radius 2 is 0.663 bits per heavy atom. The van der Waals surface area contributed by atoms with Crippen LogP contribution < -0.4 is 0 Å². The van der Waals surface area contributed by atoms with Gasteiger partial charge in [0.2, 0.25) is 17.8 Å². The first kappa shape index (κ1) is 71.7. The second-order valence-corrected chi connectivity index (χ2v) is 26.7. The Kier molecular flexibility index (Phi) is 20.1. The lowest BCUT2D eigenvalue weighted by Crippen LogP contribution is -2.63. The minimum absolute atomic E-state index is 0.00542. The highest BCUT2D eigenvalue weighted by Crippen LogP contribution is 2.64. The van der Waals surface area contributed by atoms with Crippen LogP contribution in [0.2, 0.25) is 0 Å². The second kappa shape index (κ2) is 25.0. The maximum absolute atomic E-state index is 13.9. The standard InChI is InChI=1S/C19H25F5O6.C19H23F5O6.C19H25F5O5/c1-15(20,21)3-4-29-18(14(26)28-2,19(22,23)24)30-13(25)16-6-11-5-12(7-16)9-17(27,8-11)10-16;1-16(20,21)3-4-29-18(15(27)28-2,19(22,23)24)30-14(26)17-7-10-5-11(8-17)13(25)12(6-10)9-17;1-16(20,21)3-4-28-18(15(26)27-2,19(22,23)24)29-14(25)17-8-11-5-12(9-17)7-13(6-11)10-17/h11-12,27H,3-10H2,1-2H3;10-12H,3-9H2,1-2H3;11-13H,3-10H2,1-2H3. The largest absolute Gasteiger partial charge is 0.468 e. The topological polar surface area (TPSA) is 223 Å². The molecule has 7 atom stereocenters. The molecule has 12 aliphatic rings. The average Bonchev–Trinajstić information content (AvgIpc) is 1.39. The summed E-state index contributed by atoms with van der Waals surface area (Å²) in [5.41, 5.74) is -4.99. The normalized spacial score (nSPS) is 33.7. The minimum Gasteiger partial charge on any atom is -0.464 e. The predicted molar refractivity (Wildman–Crippen MR) is 268 cm³/mol. The number of ether oxygens (including phenoxy) is 9. The molecular weight excluding hydrogens is 1240 g/mol. The third-order valence-corrected chi connectivity index (χ3v) is 19.1. The lowest BCUT2D eigenvalue weighted by atomic mass is 9.48. The number of hydrogen-bond acceptors (Lipinski definition) is 17. The summed E-state index contributed by atoms with van der Waals surface area (Å²) in [5, 5.41) is 10.7. The number of carbonyl (C=O) groups is 7. The van der Waals surface area contributed by atoms with E-state index >= 15 is 0 Å². The summed E-state index contributed by atoms with van der Waals surface area (Å²) in [5.74, 6) is -32.6. The van der Waals surface area contributed by atoms with E-state index in [9.17, 15) is 105 Å². The lowest BCUT2D eigenvalue weighted by molar-refractivity contribution is -0.360. The summed E-state index contributed by atoms with van der Waals surface area (Å²) in [4.78, 5) is 87.5. The molecule has 12 saturated carbocycles. The van der Waals surface area contributed by atoms with Crippen LogP contribution in [0.15, 0.2) is 0 Å². The predicted octanol–water partition coefficient (Wildman–Crippen LogP) is 11.0. The minimum atomic E-state index is -5.57. The zero-order valence-corrected chi connectivity index (χ0v) is 49.5. The first-order valence-corrected chi connectivity index (χ1v) is 29.1. The number of Topliss-reactive ketones (excluding diaryl/α,β-unsaturated/α-hetero) is 1. The van der Waals surface area contributed by atoms with Gasteiger partial charge < -0.3 is 47.7 Å². The van der Waals surface area contributed by atoms with E-state index in [4.69, 9.17) is 4.74 Å². The van der Waals surface area contributed by atoms with E-state index in [0.29, 0.717) is 87.0 Å². The van der Waals surface area contributed by atoms with Crippen molar-refractivity contribution < 1.29 is 147 Å². The maximum atomic E-state index is 13.9. The van der Waals surface area contributed by atoms with E-state index in [-0.39, 0.29) is 79.8 Å². The number of rotatable bonds is 21. The number of carbonyl (C=O) groups excluding carboxylic acids is 7. The SMILES string of the molecule is COC(=O)C(OCCC(C)(F)F)(OC(=O)C12CC3CC(C1)C(=O)C(C3)C2)C(F)(F)F.COC(=O)C(OCCC(C)(F)F)(OC(=O)C12CC3CC(CC(C3)C1)C2)C(F)(F)F.COC(=O)C(OCCC(C)(F)F)(OC(=O)C12CC3CC(CC(O)(C3)C1)C2)C(F)(F)F. The maximum Gasteiger partial charge on any atom is 0.468 e. The summed E-state index contributed by atoms with van der Waals surface area (Å²) < 4.78 is 244. The zero-order valence-electron chi connectivity index (χ0n) is 49.5. The number of alkyl halides is 15. The Hall–Kier alpha value is -4.72. The van der Waals surface area contributed by atoms with Crippen LogP contribution >= 0.6 is 0 Å². The van der Waals surface area contributed by atoms with Crippen molar-refractivity contribution in [3.63, 3.8) is 0 Å². The van der Waals surface area contributed by atoms with E-state index in [1.807, 2.05) is 0 Å². The molecule has 32 heteroatoms. The van der Waals surface area contributed by atoms with Crippen molar-refractivity contribution in [2.24, 2.45) is 63.6 Å². The van der Waals surface area contributed by atoms with Crippen LogP contribution in [0.4, 0.5) is 65.9 Å². The van der Waals surface area contributed by atoms with Gasteiger partial charge in [0.15, 0.2) is 0 Å². The molecule has 0 aromatic heterocycles. The fourth-order valence-corrected chi connectivity index (χ4v) is 16.2. The number of halogens is 15. The third kappa shape index (κ3) is 15.0. The number of methoxy groups -OCH3 is 3. The summed E-state index contributed by atoms with van der Waals surface area (Å²) in [6.07, 6.45) is -12.4. The Morgan fingerprint density at radius 3 is 0.933 bits per heavy atom. The average molecular weight is 1320 g/mol. The van der Waals surface area contributed by atoms with E-state index in [2.05, 4.69) is 37.9 Å². The molecule has 508 valence electrons. The van der Waals surface area contributed by atoms with Gasteiger partial charge in [0.05, 0.1) is 63.0 Å². The van der Waals surface area contributed by atoms with Gasteiger partial charge in [-0.3, -0.25) is 19.2 Å². The molecule has 89 heavy (non-hydrogen) atoms. The molecule has 12 fully saturated rings. The van der Waals surface area contributed by atoms with Crippen molar-refractivity contribution in [3.8, 4) is 0 Å². The van der Waals surface area contributed by atoms with Crippen LogP contribution in [-0.2, 0) is 76.2 Å². The van der Waals surface area contributed by atoms with Gasteiger partial charge in [-0.25, -0.2) is 40.7 Å². The van der Waals surface area contributed by atoms with Gasteiger partial charge in [-0.1, -0.05) is 0 Å². The molecular formula is C57H73F15O17. The summed E-state index contributed by atoms with van der Waals surface area (Å²) in [7, 11) is 1.96. The molecule has 0 spiro atoms. The Balaban J connectivity index is 0.000000190. The Bertz CT molecular complexity index is 2580. The fourth-order valence-electron chi connectivity index (χ4n) is 16.2. The molecule has 17 nitrogen and oxygen atoms in total. The van der Waals surface area contributed by atoms with Gasteiger partial charge in [-0.2, -0.15) is 39.5 Å². The van der Waals surface area contributed by atoms with Crippen LogP contribution in [0.1, 0.15) is 149 Å². The van der Waals surface area contributed by atoms with Crippen molar-refractivity contribution in [3.05, 3.63) is 0 Å². The van der Waals surface area contributed by atoms with Gasteiger partial charge in [0.1, 0.15) is 5.78 Å². The highest BCUT2D eigenvalue weighted by Gasteiger charge is 2.73. The van der Waals surface area contributed by atoms with E-state index in [1.54, 1.807) is 0 Å². The van der Waals surface area contributed by atoms with E-state index in [0.717, 1.165) is 25.7 Å². The summed E-state index contributed by atoms with van der Waals surface area (Å²) in [6.45, 7) is -2.09. The highest BCUT2D eigenvalue weighted by molar-refractivity contribution is 5.91. The molecule has 12 bridgehead atoms. The zero-order chi connectivity index (χ0) is 66.8. The van der Waals surface area contributed by atoms with Crippen LogP contribution in [0.25, 0.3) is 0 Å². The van der Waals surface area contributed by atoms with Crippen LogP contribution in [-0.4, -0.2) is 147 Å². The Labute approximate surface area is 501 Å². The van der Waals surface area contributed by atoms with Crippen LogP contribution in [0.5, 0.6) is 0 Å². The quantitative estimate of drug-likeness (QED) is 0.0488. The number of aliphatic hydroxyl groups is 1. The van der Waals surface area contributed by atoms with Gasteiger partial charge in [-0.05, 0) is 165 Å². The second-order valence-electron chi connectivity index (χ2n) is 26.7. The van der Waals surface area contributed by atoms with Crippen LogP contribution in [0, 0.1) is 63.6 Å². The van der Waals surface area contributed by atoms with Crippen molar-refractivity contribution in [2.75, 3.05) is 41.2 Å². The van der Waals surface area contributed by atoms with E-state index < -0.39 is 162 Å². The molecule has 1 N–H and O–H groups in total. The number of ketones is 1. The molecule has 0 aliphatic heterocycles. The number of esters is 6. The van der Waals surface area contributed by atoms with E-state index in [1.165, 1.54) is 0 Å². The first-order chi connectivity index (χ1) is 40.7. The van der Waals surface area contributed by atoms with Gasteiger partial charge >= 0.3 is 71.7 Å². The van der Waals surface area contributed by atoms with Crippen molar-refractivity contribution in [1.82, 2.24) is 0 Å². The molecule has 0 radical (unpaired) electrons. The fraction of sp³-hybridized carbons (Fsp3) is 0.877. The third-order valence-electron chi connectivity index (χ3n) is 19.1. The molecule has 0 amide bonds. The van der Waals surface area contributed by atoms with Crippen molar-refractivity contribution >= 4 is 41.6 Å².